The van der Waals surface area contributed by atoms with Gasteiger partial charge in [0.1, 0.15) is 6.10 Å². The molecule has 1 aliphatic carbocycles. The highest BCUT2D eigenvalue weighted by Gasteiger charge is 2.39. The molecule has 1 fully saturated rings. The minimum absolute atomic E-state index is 0.0507. The summed E-state index contributed by atoms with van der Waals surface area (Å²) in [5.41, 5.74) is 3.68. The normalized spacial score (nSPS) is 22.0. The number of hydrogen-bond donors (Lipinski definition) is 1. The lowest BCUT2D eigenvalue weighted by Crippen LogP contribution is -2.25. The minimum atomic E-state index is -0.374. The first-order chi connectivity index (χ1) is 12.9. The summed E-state index contributed by atoms with van der Waals surface area (Å²) in [5, 5.41) is 0.0507. The van der Waals surface area contributed by atoms with E-state index in [-0.39, 0.29) is 41.9 Å². The molecule has 1 aliphatic rings. The van der Waals surface area contributed by atoms with Gasteiger partial charge in [-0.25, -0.2) is 10.5 Å². The van der Waals surface area contributed by atoms with Crippen LogP contribution in [-0.2, 0) is 23.9 Å². The average molecular weight is 398 g/mol. The van der Waals surface area contributed by atoms with E-state index in [0.717, 1.165) is 0 Å². The summed E-state index contributed by atoms with van der Waals surface area (Å²) in [7, 11) is 1.46. The molecule has 0 aromatic carbocycles. The molecule has 0 bridgehead atoms. The van der Waals surface area contributed by atoms with E-state index in [9.17, 15) is 9.59 Å². The number of ether oxygens (including phenoxy) is 2. The Balaban J connectivity index is 1.89. The molecule has 0 radical (unpaired) electrons. The van der Waals surface area contributed by atoms with E-state index in [1.54, 1.807) is 6.33 Å². The Morgan fingerprint density at radius 2 is 2.07 bits per heavy atom. The zero-order valence-electron chi connectivity index (χ0n) is 15.1. The SMILES string of the molecule is CONc1nc(Cl)nc2c1ncn2[C@@H]1C[C@H](COC(C)=O)[C@@H](OC(C)=O)C1. The smallest absolute Gasteiger partial charge is 0.302 e. The Labute approximate surface area is 160 Å². The van der Waals surface area contributed by atoms with Gasteiger partial charge in [0.05, 0.1) is 20.0 Å². The molecule has 3 rings (SSSR count). The first-order valence-corrected chi connectivity index (χ1v) is 8.76. The van der Waals surface area contributed by atoms with E-state index in [1.807, 2.05) is 4.57 Å². The van der Waals surface area contributed by atoms with E-state index < -0.39 is 0 Å². The van der Waals surface area contributed by atoms with E-state index in [2.05, 4.69) is 20.4 Å². The molecule has 0 saturated heterocycles. The second-order valence-electron chi connectivity index (χ2n) is 6.31. The van der Waals surface area contributed by atoms with Crippen LogP contribution in [0.3, 0.4) is 0 Å². The topological polar surface area (TPSA) is 117 Å². The Kier molecular flexibility index (Phi) is 5.76. The van der Waals surface area contributed by atoms with Crippen molar-refractivity contribution in [1.29, 1.82) is 0 Å². The van der Waals surface area contributed by atoms with Gasteiger partial charge in [0.15, 0.2) is 17.0 Å². The molecule has 1 N–H and O–H groups in total. The van der Waals surface area contributed by atoms with Crippen LogP contribution in [0.15, 0.2) is 6.33 Å². The molecule has 0 unspecified atom stereocenters. The fourth-order valence-electron chi connectivity index (χ4n) is 3.37. The first-order valence-electron chi connectivity index (χ1n) is 8.38. The minimum Gasteiger partial charge on any atom is -0.465 e. The fraction of sp³-hybridized carbons (Fsp3) is 0.562. The molecular formula is C16H20ClN5O5. The molecule has 11 heteroatoms. The highest BCUT2D eigenvalue weighted by atomic mass is 35.5. The van der Waals surface area contributed by atoms with Gasteiger partial charge in [-0.05, 0) is 18.0 Å². The van der Waals surface area contributed by atoms with Crippen molar-refractivity contribution in [1.82, 2.24) is 19.5 Å². The van der Waals surface area contributed by atoms with Crippen LogP contribution < -0.4 is 5.48 Å². The van der Waals surface area contributed by atoms with Gasteiger partial charge in [0.25, 0.3) is 0 Å². The lowest BCUT2D eigenvalue weighted by atomic mass is 10.1. The quantitative estimate of drug-likeness (QED) is 0.442. The number of nitrogens with one attached hydrogen (secondary N) is 1. The molecule has 146 valence electrons. The molecule has 0 amide bonds. The van der Waals surface area contributed by atoms with Crippen LogP contribution in [0.4, 0.5) is 5.82 Å². The molecule has 2 aromatic rings. The number of hydrogen-bond acceptors (Lipinski definition) is 9. The van der Waals surface area contributed by atoms with Crippen LogP contribution in [0.1, 0.15) is 32.7 Å². The molecule has 2 heterocycles. The summed E-state index contributed by atoms with van der Waals surface area (Å²) in [4.78, 5) is 40.2. The third kappa shape index (κ3) is 4.28. The number of aromatic nitrogens is 4. The number of carbonyl (C=O) groups is 2. The highest BCUT2D eigenvalue weighted by Crippen LogP contribution is 2.39. The van der Waals surface area contributed by atoms with Crippen molar-refractivity contribution in [3.8, 4) is 0 Å². The van der Waals surface area contributed by atoms with E-state index >= 15 is 0 Å². The average Bonchev–Trinajstić information content (AvgIpc) is 3.16. The summed E-state index contributed by atoms with van der Waals surface area (Å²) in [6.45, 7) is 2.89. The molecule has 0 aliphatic heterocycles. The third-order valence-electron chi connectivity index (χ3n) is 4.41. The molecule has 10 nitrogen and oxygen atoms in total. The molecule has 2 aromatic heterocycles. The molecule has 27 heavy (non-hydrogen) atoms. The maximum absolute atomic E-state index is 11.4. The first kappa shape index (κ1) is 19.3. The van der Waals surface area contributed by atoms with E-state index in [1.165, 1.54) is 21.0 Å². The van der Waals surface area contributed by atoms with Gasteiger partial charge in [-0.3, -0.25) is 14.4 Å². The summed E-state index contributed by atoms with van der Waals surface area (Å²) < 4.78 is 12.4. The van der Waals surface area contributed by atoms with Crippen LogP contribution in [0.25, 0.3) is 11.2 Å². The van der Waals surface area contributed by atoms with E-state index in [0.29, 0.717) is 29.8 Å². The number of halogens is 1. The zero-order chi connectivity index (χ0) is 19.6. The van der Waals surface area contributed by atoms with Gasteiger partial charge in [-0.15, -0.1) is 0 Å². The number of fused-ring (bicyclic) bond motifs is 1. The molecular weight excluding hydrogens is 378 g/mol. The fourth-order valence-corrected chi connectivity index (χ4v) is 3.53. The predicted molar refractivity (Wildman–Crippen MR) is 94.9 cm³/mol. The number of esters is 2. The van der Waals surface area contributed by atoms with Gasteiger partial charge in [-0.2, -0.15) is 9.97 Å². The van der Waals surface area contributed by atoms with Crippen LogP contribution in [-0.4, -0.2) is 51.3 Å². The van der Waals surface area contributed by atoms with Crippen molar-refractivity contribution in [2.24, 2.45) is 5.92 Å². The van der Waals surface area contributed by atoms with E-state index in [4.69, 9.17) is 25.9 Å². The largest absolute Gasteiger partial charge is 0.465 e. The molecule has 3 atom stereocenters. The monoisotopic (exact) mass is 397 g/mol. The number of rotatable bonds is 6. The second-order valence-corrected chi connectivity index (χ2v) is 6.65. The summed E-state index contributed by atoms with van der Waals surface area (Å²) in [6, 6.07) is -0.0544. The predicted octanol–water partition coefficient (Wildman–Crippen LogP) is 1.90. The number of carbonyl (C=O) groups excluding carboxylic acids is 2. The summed E-state index contributed by atoms with van der Waals surface area (Å²) in [5.74, 6) is -0.504. The third-order valence-corrected chi connectivity index (χ3v) is 4.58. The van der Waals surface area contributed by atoms with Gasteiger partial charge in [0.2, 0.25) is 5.28 Å². The maximum atomic E-state index is 11.4. The van der Waals surface area contributed by atoms with Crippen molar-refractivity contribution < 1.29 is 23.9 Å². The van der Waals surface area contributed by atoms with Crippen molar-refractivity contribution in [3.63, 3.8) is 0 Å². The van der Waals surface area contributed by atoms with Gasteiger partial charge in [0, 0.05) is 32.2 Å². The second kappa shape index (κ2) is 8.05. The lowest BCUT2D eigenvalue weighted by Gasteiger charge is -2.18. The molecule has 0 spiro atoms. The Morgan fingerprint density at radius 1 is 1.30 bits per heavy atom. The van der Waals surface area contributed by atoms with Crippen molar-refractivity contribution in [2.75, 3.05) is 19.2 Å². The Morgan fingerprint density at radius 3 is 2.74 bits per heavy atom. The van der Waals surface area contributed by atoms with Crippen molar-refractivity contribution in [2.45, 2.75) is 38.8 Å². The van der Waals surface area contributed by atoms with Crippen molar-refractivity contribution >= 4 is 40.5 Å². The summed E-state index contributed by atoms with van der Waals surface area (Å²) >= 11 is 6.02. The Hall–Kier alpha value is -2.46. The van der Waals surface area contributed by atoms with Crippen LogP contribution >= 0.6 is 11.6 Å². The van der Waals surface area contributed by atoms with Gasteiger partial charge < -0.3 is 14.0 Å². The maximum Gasteiger partial charge on any atom is 0.302 e. The highest BCUT2D eigenvalue weighted by molar-refractivity contribution is 6.28. The van der Waals surface area contributed by atoms with Crippen LogP contribution in [0.2, 0.25) is 5.28 Å². The standard InChI is InChI=1S/C16H20ClN5O5/c1-8(23)26-6-10-4-11(5-12(10)27-9(2)24)22-7-18-13-14(21-25-3)19-16(17)20-15(13)22/h7,10-12H,4-6H2,1-3H3,(H,19,20,21)/t10-,11-,12+/m1/s1. The van der Waals surface area contributed by atoms with Gasteiger partial charge in [-0.1, -0.05) is 0 Å². The van der Waals surface area contributed by atoms with Crippen LogP contribution in [0.5, 0.6) is 0 Å². The van der Waals surface area contributed by atoms with Crippen LogP contribution in [0, 0.1) is 5.92 Å². The summed E-state index contributed by atoms with van der Waals surface area (Å²) in [6.07, 6.45) is 2.45. The Bertz CT molecular complexity index is 857. The zero-order valence-corrected chi connectivity index (χ0v) is 15.9. The number of anilines is 1. The van der Waals surface area contributed by atoms with Crippen molar-refractivity contribution in [3.05, 3.63) is 11.6 Å². The number of imidazole rings is 1. The number of nitrogens with zero attached hydrogens (tertiary/aromatic N) is 4. The van der Waals surface area contributed by atoms with Gasteiger partial charge >= 0.3 is 11.9 Å². The molecule has 1 saturated carbocycles. The lowest BCUT2D eigenvalue weighted by molar-refractivity contribution is -0.151.